The minimum atomic E-state index is -5.04. The highest BCUT2D eigenvalue weighted by Crippen LogP contribution is 2.31. The Labute approximate surface area is 188 Å². The third kappa shape index (κ3) is 6.72. The number of aromatic carboxylic acids is 1. The zero-order valence-corrected chi connectivity index (χ0v) is 18.0. The predicted octanol–water partition coefficient (Wildman–Crippen LogP) is 5.26. The number of sulfonamides is 1. The number of carboxylic acid groups (broad SMARTS) is 1. The van der Waals surface area contributed by atoms with Crippen molar-refractivity contribution >= 4 is 21.7 Å². The number of anilines is 1. The molecule has 0 bridgehead atoms. The maximum Gasteiger partial charge on any atom is 0.573 e. The Morgan fingerprint density at radius 3 is 2.36 bits per heavy atom. The van der Waals surface area contributed by atoms with Crippen LogP contribution in [0.1, 0.15) is 27.9 Å². The summed E-state index contributed by atoms with van der Waals surface area (Å²) in [5.41, 5.74) is 1.88. The highest BCUT2D eigenvalue weighted by atomic mass is 32.2. The van der Waals surface area contributed by atoms with E-state index in [1.165, 1.54) is 24.3 Å². The number of benzene rings is 3. The Kier molecular flexibility index (Phi) is 7.27. The summed E-state index contributed by atoms with van der Waals surface area (Å²) in [6.07, 6.45) is -3.43. The van der Waals surface area contributed by atoms with Gasteiger partial charge in [0.2, 0.25) is 0 Å². The molecule has 0 unspecified atom stereocenters. The van der Waals surface area contributed by atoms with Gasteiger partial charge in [0.15, 0.2) is 0 Å². The molecule has 0 aliphatic carbocycles. The molecule has 174 valence electrons. The van der Waals surface area contributed by atoms with E-state index in [0.717, 1.165) is 17.7 Å². The van der Waals surface area contributed by atoms with E-state index in [-0.39, 0.29) is 11.3 Å². The summed E-state index contributed by atoms with van der Waals surface area (Å²) in [5.74, 6) is -1.85. The number of aryl methyl sites for hydroxylation is 2. The summed E-state index contributed by atoms with van der Waals surface area (Å²) in [4.78, 5) is 10.5. The lowest BCUT2D eigenvalue weighted by atomic mass is 10.0. The number of halogens is 3. The van der Waals surface area contributed by atoms with Crippen LogP contribution in [0.15, 0.2) is 77.7 Å². The Hall–Kier alpha value is -3.53. The fourth-order valence-corrected chi connectivity index (χ4v) is 4.49. The van der Waals surface area contributed by atoms with Crippen LogP contribution in [0, 0.1) is 0 Å². The average Bonchev–Trinajstić information content (AvgIpc) is 2.74. The summed E-state index contributed by atoms with van der Waals surface area (Å²) in [7, 11) is -4.37. The van der Waals surface area contributed by atoms with Gasteiger partial charge in [0.1, 0.15) is 10.6 Å². The molecule has 2 N–H and O–H groups in total. The zero-order chi connectivity index (χ0) is 24.1. The number of nitrogens with one attached hydrogen (secondary N) is 1. The van der Waals surface area contributed by atoms with Gasteiger partial charge in [0.05, 0.1) is 11.3 Å². The number of rotatable bonds is 9. The number of hydrogen-bond acceptors (Lipinski definition) is 4. The number of para-hydroxylation sites is 2. The van der Waals surface area contributed by atoms with Crippen molar-refractivity contribution in [3.63, 3.8) is 0 Å². The van der Waals surface area contributed by atoms with Crippen molar-refractivity contribution in [3.05, 3.63) is 89.5 Å². The van der Waals surface area contributed by atoms with Crippen molar-refractivity contribution in [2.24, 2.45) is 0 Å². The molecule has 0 aromatic heterocycles. The van der Waals surface area contributed by atoms with E-state index in [9.17, 15) is 26.4 Å². The molecule has 0 radical (unpaired) electrons. The van der Waals surface area contributed by atoms with Crippen LogP contribution in [0.3, 0.4) is 0 Å². The molecule has 0 aliphatic heterocycles. The smallest absolute Gasteiger partial charge is 0.478 e. The molecule has 0 fully saturated rings. The first-order chi connectivity index (χ1) is 15.5. The van der Waals surface area contributed by atoms with Gasteiger partial charge >= 0.3 is 12.3 Å². The van der Waals surface area contributed by atoms with E-state index < -0.39 is 33.0 Å². The van der Waals surface area contributed by atoms with E-state index in [2.05, 4.69) is 9.46 Å². The largest absolute Gasteiger partial charge is 0.573 e. The van der Waals surface area contributed by atoms with Crippen molar-refractivity contribution < 1.29 is 36.2 Å². The Morgan fingerprint density at radius 2 is 1.64 bits per heavy atom. The van der Waals surface area contributed by atoms with Gasteiger partial charge in [-0.05, 0) is 60.7 Å². The lowest BCUT2D eigenvalue weighted by molar-refractivity contribution is -0.275. The molecule has 0 saturated carbocycles. The second-order valence-corrected chi connectivity index (χ2v) is 8.77. The fourth-order valence-electron chi connectivity index (χ4n) is 3.26. The van der Waals surface area contributed by atoms with E-state index >= 15 is 0 Å². The lowest BCUT2D eigenvalue weighted by Gasteiger charge is -2.16. The van der Waals surface area contributed by atoms with Crippen LogP contribution in [-0.4, -0.2) is 25.9 Å². The van der Waals surface area contributed by atoms with Gasteiger partial charge in [-0.15, -0.1) is 13.2 Å². The SMILES string of the molecule is O=C(O)c1cccc(CCCc2ccccc2NS(=O)(=O)c2ccccc2OC(F)(F)F)c1. The molecule has 0 aliphatic rings. The van der Waals surface area contributed by atoms with Gasteiger partial charge in [-0.3, -0.25) is 4.72 Å². The van der Waals surface area contributed by atoms with Crippen molar-refractivity contribution in [1.29, 1.82) is 0 Å². The molecule has 3 aromatic carbocycles. The first-order valence-corrected chi connectivity index (χ1v) is 11.3. The van der Waals surface area contributed by atoms with Crippen LogP contribution in [0.25, 0.3) is 0 Å². The van der Waals surface area contributed by atoms with Crippen molar-refractivity contribution in [2.75, 3.05) is 4.72 Å². The molecule has 0 atom stereocenters. The molecule has 0 amide bonds. The maximum atomic E-state index is 12.8. The third-order valence-electron chi connectivity index (χ3n) is 4.71. The number of carbonyl (C=O) groups is 1. The highest BCUT2D eigenvalue weighted by molar-refractivity contribution is 7.92. The van der Waals surface area contributed by atoms with Gasteiger partial charge in [-0.1, -0.05) is 42.5 Å². The Bertz CT molecular complexity index is 1240. The second kappa shape index (κ2) is 9.95. The van der Waals surface area contributed by atoms with Crippen molar-refractivity contribution in [2.45, 2.75) is 30.5 Å². The van der Waals surface area contributed by atoms with E-state index in [4.69, 9.17) is 5.11 Å². The predicted molar refractivity (Wildman–Crippen MR) is 116 cm³/mol. The van der Waals surface area contributed by atoms with E-state index in [0.29, 0.717) is 24.8 Å². The molecule has 33 heavy (non-hydrogen) atoms. The van der Waals surface area contributed by atoms with E-state index in [1.54, 1.807) is 36.4 Å². The van der Waals surface area contributed by atoms with Crippen LogP contribution in [0.4, 0.5) is 18.9 Å². The van der Waals surface area contributed by atoms with Crippen LogP contribution in [0.2, 0.25) is 0 Å². The summed E-state index contributed by atoms with van der Waals surface area (Å²) in [5, 5.41) is 9.10. The quantitative estimate of drug-likeness (QED) is 0.437. The first-order valence-electron chi connectivity index (χ1n) is 9.83. The van der Waals surface area contributed by atoms with Gasteiger partial charge in [-0.2, -0.15) is 0 Å². The van der Waals surface area contributed by atoms with Gasteiger partial charge in [0, 0.05) is 0 Å². The van der Waals surface area contributed by atoms with Crippen LogP contribution < -0.4 is 9.46 Å². The van der Waals surface area contributed by atoms with Crippen LogP contribution in [0.5, 0.6) is 5.75 Å². The highest BCUT2D eigenvalue weighted by Gasteiger charge is 2.34. The molecular weight excluding hydrogens is 459 g/mol. The van der Waals surface area contributed by atoms with Crippen molar-refractivity contribution in [3.8, 4) is 5.75 Å². The molecular formula is C23H20F3NO5S. The number of ether oxygens (including phenoxy) is 1. The fraction of sp³-hybridized carbons (Fsp3) is 0.174. The molecule has 0 heterocycles. The standard InChI is InChI=1S/C23H20F3NO5S/c24-23(25,26)32-20-13-3-4-14-21(20)33(30,31)27-19-12-2-1-9-17(19)10-5-7-16-8-6-11-18(15-16)22(28)29/h1-4,6,8-9,11-15,27H,5,7,10H2,(H,28,29). The topological polar surface area (TPSA) is 92.7 Å². The van der Waals surface area contributed by atoms with Crippen LogP contribution in [-0.2, 0) is 22.9 Å². The third-order valence-corrected chi connectivity index (χ3v) is 6.12. The summed E-state index contributed by atoms with van der Waals surface area (Å²) in [6, 6.07) is 17.6. The summed E-state index contributed by atoms with van der Waals surface area (Å²) in [6.45, 7) is 0. The molecule has 0 saturated heterocycles. The maximum absolute atomic E-state index is 12.8. The second-order valence-electron chi connectivity index (χ2n) is 7.12. The van der Waals surface area contributed by atoms with E-state index in [1.807, 2.05) is 0 Å². The molecule has 0 spiro atoms. The van der Waals surface area contributed by atoms with Crippen LogP contribution >= 0.6 is 0 Å². The number of alkyl halides is 3. The number of hydrogen-bond donors (Lipinski definition) is 2. The zero-order valence-electron chi connectivity index (χ0n) is 17.2. The molecule has 10 heteroatoms. The molecule has 6 nitrogen and oxygen atoms in total. The Balaban J connectivity index is 1.76. The lowest BCUT2D eigenvalue weighted by Crippen LogP contribution is -2.21. The first kappa shape index (κ1) is 24.1. The summed E-state index contributed by atoms with van der Waals surface area (Å²) >= 11 is 0. The minimum absolute atomic E-state index is 0.181. The molecule has 3 rings (SSSR count). The Morgan fingerprint density at radius 1 is 0.939 bits per heavy atom. The van der Waals surface area contributed by atoms with Crippen molar-refractivity contribution in [1.82, 2.24) is 0 Å². The normalized spacial score (nSPS) is 11.7. The minimum Gasteiger partial charge on any atom is -0.478 e. The number of carboxylic acids is 1. The van der Waals surface area contributed by atoms with Gasteiger partial charge in [0.25, 0.3) is 10.0 Å². The monoisotopic (exact) mass is 479 g/mol. The molecule has 3 aromatic rings. The average molecular weight is 479 g/mol. The van der Waals surface area contributed by atoms with Gasteiger partial charge in [-0.25, -0.2) is 13.2 Å². The van der Waals surface area contributed by atoms with Gasteiger partial charge < -0.3 is 9.84 Å². The summed E-state index contributed by atoms with van der Waals surface area (Å²) < 4.78 is 69.9.